The van der Waals surface area contributed by atoms with Gasteiger partial charge in [-0.05, 0) is 37.7 Å². The molecule has 0 N–H and O–H groups in total. The van der Waals surface area contributed by atoms with Crippen LogP contribution >= 0.6 is 0 Å². The van der Waals surface area contributed by atoms with E-state index in [9.17, 15) is 9.59 Å². The average Bonchev–Trinajstić information content (AvgIpc) is 2.58. The highest BCUT2D eigenvalue weighted by molar-refractivity contribution is 5.78. The van der Waals surface area contributed by atoms with Crippen molar-refractivity contribution >= 4 is 11.8 Å². The Bertz CT molecular complexity index is 439. The van der Waals surface area contributed by atoms with E-state index in [0.29, 0.717) is 18.6 Å². The van der Waals surface area contributed by atoms with E-state index in [-0.39, 0.29) is 5.97 Å². The first kappa shape index (κ1) is 19.4. The smallest absolute Gasteiger partial charge is 0.305 e. The summed E-state index contributed by atoms with van der Waals surface area (Å²) in [6.07, 6.45) is 10.2. The summed E-state index contributed by atoms with van der Waals surface area (Å²) in [4.78, 5) is 22.7. The third-order valence-electron chi connectivity index (χ3n) is 4.08. The maximum absolute atomic E-state index is 11.8. The van der Waals surface area contributed by atoms with E-state index in [1.54, 1.807) is 0 Å². The van der Waals surface area contributed by atoms with Crippen LogP contribution in [0.5, 0.6) is 0 Å². The van der Waals surface area contributed by atoms with Gasteiger partial charge in [0.1, 0.15) is 5.78 Å². The molecule has 0 heterocycles. The molecule has 3 heteroatoms. The van der Waals surface area contributed by atoms with Crippen LogP contribution in [0.3, 0.4) is 0 Å². The van der Waals surface area contributed by atoms with Crippen molar-refractivity contribution in [2.24, 2.45) is 0 Å². The van der Waals surface area contributed by atoms with E-state index >= 15 is 0 Å². The second-order valence-corrected chi connectivity index (χ2v) is 6.08. The standard InChI is InChI=1S/C20H30O3/c1-23-20(22)17-9-4-2-3-8-15-19(21)16-11-10-14-18-12-6-5-7-13-18/h5-7,12-13H,2-4,8-11,14-17H2,1H3. The van der Waals surface area contributed by atoms with Crippen LogP contribution in [-0.4, -0.2) is 18.9 Å². The number of aryl methyl sites for hydroxylation is 1. The number of methoxy groups -OCH3 is 1. The van der Waals surface area contributed by atoms with Gasteiger partial charge in [-0.2, -0.15) is 0 Å². The first-order chi connectivity index (χ1) is 11.2. The van der Waals surface area contributed by atoms with Crippen molar-refractivity contribution in [1.29, 1.82) is 0 Å². The number of Topliss-reactive ketones (excluding diaryl/α,β-unsaturated/α-hetero) is 1. The number of hydrogen-bond acceptors (Lipinski definition) is 3. The largest absolute Gasteiger partial charge is 0.469 e. The summed E-state index contributed by atoms with van der Waals surface area (Å²) < 4.78 is 4.60. The summed E-state index contributed by atoms with van der Waals surface area (Å²) in [5.41, 5.74) is 1.35. The third-order valence-corrected chi connectivity index (χ3v) is 4.08. The minimum Gasteiger partial charge on any atom is -0.469 e. The van der Waals surface area contributed by atoms with Gasteiger partial charge in [-0.15, -0.1) is 0 Å². The molecule has 0 aromatic heterocycles. The van der Waals surface area contributed by atoms with Crippen LogP contribution in [0, 0.1) is 0 Å². The number of unbranched alkanes of at least 4 members (excludes halogenated alkanes) is 5. The molecule has 0 amide bonds. The van der Waals surface area contributed by atoms with Gasteiger partial charge in [-0.1, -0.05) is 49.6 Å². The second-order valence-electron chi connectivity index (χ2n) is 6.08. The molecule has 1 aromatic rings. The predicted molar refractivity (Wildman–Crippen MR) is 93.3 cm³/mol. The lowest BCUT2D eigenvalue weighted by molar-refractivity contribution is -0.140. The lowest BCUT2D eigenvalue weighted by Crippen LogP contribution is -1.99. The van der Waals surface area contributed by atoms with Gasteiger partial charge in [0.05, 0.1) is 7.11 Å². The number of esters is 1. The van der Waals surface area contributed by atoms with Gasteiger partial charge in [0.25, 0.3) is 0 Å². The fraction of sp³-hybridized carbons (Fsp3) is 0.600. The van der Waals surface area contributed by atoms with Gasteiger partial charge in [0.2, 0.25) is 0 Å². The van der Waals surface area contributed by atoms with Crippen LogP contribution in [0.4, 0.5) is 0 Å². The van der Waals surface area contributed by atoms with Crippen molar-refractivity contribution in [2.45, 2.75) is 70.6 Å². The highest BCUT2D eigenvalue weighted by Crippen LogP contribution is 2.11. The maximum atomic E-state index is 11.8. The van der Waals surface area contributed by atoms with Crippen molar-refractivity contribution in [3.63, 3.8) is 0 Å². The number of carbonyl (C=O) groups is 2. The molecule has 0 aliphatic carbocycles. The Balaban J connectivity index is 1.89. The molecular weight excluding hydrogens is 288 g/mol. The molecule has 0 bridgehead atoms. The molecule has 0 aliphatic rings. The number of hydrogen-bond donors (Lipinski definition) is 0. The van der Waals surface area contributed by atoms with Crippen molar-refractivity contribution < 1.29 is 14.3 Å². The minimum atomic E-state index is -0.129. The summed E-state index contributed by atoms with van der Waals surface area (Å²) in [5, 5.41) is 0. The Morgan fingerprint density at radius 1 is 0.783 bits per heavy atom. The lowest BCUT2D eigenvalue weighted by Gasteiger charge is -2.03. The van der Waals surface area contributed by atoms with Gasteiger partial charge >= 0.3 is 5.97 Å². The van der Waals surface area contributed by atoms with Gasteiger partial charge in [0.15, 0.2) is 0 Å². The zero-order valence-electron chi connectivity index (χ0n) is 14.4. The third kappa shape index (κ3) is 10.7. The Labute approximate surface area is 140 Å². The SMILES string of the molecule is COC(=O)CCCCCCCC(=O)CCCCc1ccccc1. The van der Waals surface area contributed by atoms with Crippen molar-refractivity contribution in [3.8, 4) is 0 Å². The highest BCUT2D eigenvalue weighted by atomic mass is 16.5. The molecule has 128 valence electrons. The summed E-state index contributed by atoms with van der Waals surface area (Å²) in [5.74, 6) is 0.267. The predicted octanol–water partition coefficient (Wildman–Crippen LogP) is 4.87. The number of ether oxygens (including phenoxy) is 1. The molecule has 0 saturated carbocycles. The first-order valence-electron chi connectivity index (χ1n) is 8.85. The summed E-state index contributed by atoms with van der Waals surface area (Å²) >= 11 is 0. The van der Waals surface area contributed by atoms with Crippen LogP contribution in [0.25, 0.3) is 0 Å². The number of ketones is 1. The van der Waals surface area contributed by atoms with E-state index in [1.165, 1.54) is 12.7 Å². The molecule has 0 unspecified atom stereocenters. The van der Waals surface area contributed by atoms with E-state index in [1.807, 2.05) is 6.07 Å². The van der Waals surface area contributed by atoms with Crippen LogP contribution in [0.1, 0.15) is 69.8 Å². The molecule has 1 aromatic carbocycles. The topological polar surface area (TPSA) is 43.4 Å². The molecule has 0 spiro atoms. The summed E-state index contributed by atoms with van der Waals surface area (Å²) in [6, 6.07) is 10.4. The zero-order chi connectivity index (χ0) is 16.8. The summed E-state index contributed by atoms with van der Waals surface area (Å²) in [7, 11) is 1.42. The molecule has 0 radical (unpaired) electrons. The molecule has 0 fully saturated rings. The van der Waals surface area contributed by atoms with Crippen molar-refractivity contribution in [1.82, 2.24) is 0 Å². The second kappa shape index (κ2) is 12.9. The molecular formula is C20H30O3. The Kier molecular flexibility index (Phi) is 10.9. The molecule has 3 nitrogen and oxygen atoms in total. The molecule has 0 atom stereocenters. The van der Waals surface area contributed by atoms with Gasteiger partial charge < -0.3 is 4.74 Å². The molecule has 1 rings (SSSR count). The van der Waals surface area contributed by atoms with Crippen LogP contribution in [0.2, 0.25) is 0 Å². The highest BCUT2D eigenvalue weighted by Gasteiger charge is 2.03. The van der Waals surface area contributed by atoms with Gasteiger partial charge in [-0.25, -0.2) is 0 Å². The van der Waals surface area contributed by atoms with Crippen LogP contribution < -0.4 is 0 Å². The van der Waals surface area contributed by atoms with Gasteiger partial charge in [0, 0.05) is 19.3 Å². The molecule has 23 heavy (non-hydrogen) atoms. The quantitative estimate of drug-likeness (QED) is 0.385. The van der Waals surface area contributed by atoms with Gasteiger partial charge in [-0.3, -0.25) is 9.59 Å². The number of benzene rings is 1. The molecule has 0 saturated heterocycles. The van der Waals surface area contributed by atoms with E-state index in [4.69, 9.17) is 0 Å². The molecule has 0 aliphatic heterocycles. The monoisotopic (exact) mass is 318 g/mol. The maximum Gasteiger partial charge on any atom is 0.305 e. The van der Waals surface area contributed by atoms with Crippen LogP contribution in [-0.2, 0) is 20.7 Å². The van der Waals surface area contributed by atoms with E-state index in [2.05, 4.69) is 29.0 Å². The Morgan fingerprint density at radius 3 is 2.00 bits per heavy atom. The van der Waals surface area contributed by atoms with E-state index in [0.717, 1.165) is 57.8 Å². The van der Waals surface area contributed by atoms with Crippen molar-refractivity contribution in [3.05, 3.63) is 35.9 Å². The Morgan fingerprint density at radius 2 is 1.35 bits per heavy atom. The summed E-state index contributed by atoms with van der Waals surface area (Å²) in [6.45, 7) is 0. The number of rotatable bonds is 13. The fourth-order valence-corrected chi connectivity index (χ4v) is 2.64. The zero-order valence-corrected chi connectivity index (χ0v) is 14.4. The minimum absolute atomic E-state index is 0.129. The van der Waals surface area contributed by atoms with Crippen LogP contribution in [0.15, 0.2) is 30.3 Å². The first-order valence-corrected chi connectivity index (χ1v) is 8.85. The van der Waals surface area contributed by atoms with E-state index < -0.39 is 0 Å². The van der Waals surface area contributed by atoms with Crippen molar-refractivity contribution in [2.75, 3.05) is 7.11 Å². The lowest BCUT2D eigenvalue weighted by atomic mass is 10.0. The number of carbonyl (C=O) groups excluding carboxylic acids is 2. The Hall–Kier alpha value is -1.64. The normalized spacial score (nSPS) is 10.5. The fourth-order valence-electron chi connectivity index (χ4n) is 2.64. The average molecular weight is 318 g/mol.